The number of rotatable bonds is 6. The van der Waals surface area contributed by atoms with Crippen LogP contribution in [0.5, 0.6) is 11.5 Å². The number of fused-ring (bicyclic) bond motifs is 27. The fraction of sp³-hybridized carbons (Fsp3) is 0.114. The maximum Gasteiger partial charge on any atom is 0.127 e. The van der Waals surface area contributed by atoms with Gasteiger partial charge in [-0.2, -0.15) is 0 Å². The van der Waals surface area contributed by atoms with Crippen LogP contribution in [0.2, 0.25) is 0 Å². The topological polar surface area (TPSA) is 44.2 Å². The first-order chi connectivity index (χ1) is 45.4. The fourth-order valence-corrected chi connectivity index (χ4v) is 18.1. The molecular formula is C88H62N2O2S. The largest absolute Gasteiger partial charge is 0.488 e. The Balaban J connectivity index is 0.955. The van der Waals surface area contributed by atoms with Gasteiger partial charge in [-0.05, 0) is 177 Å². The Bertz CT molecular complexity index is 5310. The Morgan fingerprint density at radius 3 is 0.914 bits per heavy atom. The summed E-state index contributed by atoms with van der Waals surface area (Å²) in [7, 11) is 0. The van der Waals surface area contributed by atoms with E-state index in [-0.39, 0.29) is 0 Å². The number of benzene rings is 13. The highest BCUT2D eigenvalue weighted by molar-refractivity contribution is 7.21. The number of ether oxygens (including phenoxy) is 2. The standard InChI is InChI=1S/C88H62N2O2S/c1-85(2,3)91-75-43-21-13-25-53(75)51-45-47-55-56-48-46-52(54-26-14-22-44-76(54)92-86(4,5)6)50-66(56)80-79(65(55)49-51)89-81-82(90-80)84(64-34-24-42-74-78(64)62-32-12-20-40-72(62)88(74)69-37-17-9-29-59(69)60-30-10-18-38-70(60)88)93-83(81)63-33-23-41-73-77(63)61-31-11-19-39-71(61)87(73)67-35-15-7-27-57(67)58-28-8-16-36-68(58)87/h7-50H,1-6H3. The third-order valence-electron chi connectivity index (χ3n) is 20.1. The Morgan fingerprint density at radius 1 is 0.269 bits per heavy atom. The Hall–Kier alpha value is -10.7. The van der Waals surface area contributed by atoms with Gasteiger partial charge in [0, 0.05) is 33.0 Å². The molecule has 19 rings (SSSR count). The first-order valence-electron chi connectivity index (χ1n) is 32.5. The van der Waals surface area contributed by atoms with Gasteiger partial charge in [0.15, 0.2) is 0 Å². The van der Waals surface area contributed by atoms with Crippen molar-refractivity contribution in [3.63, 3.8) is 0 Å². The van der Waals surface area contributed by atoms with Gasteiger partial charge in [0.05, 0.1) is 31.6 Å². The molecule has 0 saturated carbocycles. The molecule has 0 radical (unpaired) electrons. The molecular weight excluding hydrogens is 1150 g/mol. The summed E-state index contributed by atoms with van der Waals surface area (Å²) >= 11 is 1.84. The SMILES string of the molecule is CC(C)(C)Oc1ccccc1-c1ccc2c3ccc(-c4ccccc4OC(C)(C)C)cc3c3nc4c(-c5cccc6c5-c5ccccc5C65c6ccccc6-c6ccccc65)sc(-c5cccc6c5-c5ccccc5C65c6ccccc6-c6ccccc65)c4nc3c2c1. The lowest BCUT2D eigenvalue weighted by molar-refractivity contribution is 0.131. The zero-order valence-electron chi connectivity index (χ0n) is 52.5. The second-order valence-electron chi connectivity index (χ2n) is 27.6. The highest BCUT2D eigenvalue weighted by Gasteiger charge is 2.54. The molecule has 442 valence electrons. The molecule has 0 atom stereocenters. The Labute approximate surface area is 545 Å². The van der Waals surface area contributed by atoms with Crippen molar-refractivity contribution in [3.8, 4) is 99.1 Å². The molecule has 0 aliphatic heterocycles. The van der Waals surface area contributed by atoms with Crippen molar-refractivity contribution < 1.29 is 9.47 Å². The summed E-state index contributed by atoms with van der Waals surface area (Å²) in [6.07, 6.45) is 0. The molecule has 2 aromatic heterocycles. The summed E-state index contributed by atoms with van der Waals surface area (Å²) in [5, 5.41) is 4.24. The monoisotopic (exact) mass is 1210 g/mol. The van der Waals surface area contributed by atoms with Crippen LogP contribution in [0, 0.1) is 0 Å². The molecule has 4 aliphatic rings. The quantitative estimate of drug-likeness (QED) is 0.156. The van der Waals surface area contributed by atoms with Crippen molar-refractivity contribution in [3.05, 3.63) is 311 Å². The van der Waals surface area contributed by atoms with Gasteiger partial charge in [-0.25, -0.2) is 9.97 Å². The van der Waals surface area contributed by atoms with E-state index < -0.39 is 22.0 Å². The minimum absolute atomic E-state index is 0.413. The van der Waals surface area contributed by atoms with Crippen LogP contribution in [0.3, 0.4) is 0 Å². The zero-order chi connectivity index (χ0) is 62.3. The van der Waals surface area contributed by atoms with E-state index in [1.165, 1.54) is 89.0 Å². The normalized spacial score (nSPS) is 14.1. The van der Waals surface area contributed by atoms with Crippen LogP contribution in [-0.4, -0.2) is 21.2 Å². The predicted molar refractivity (Wildman–Crippen MR) is 385 cm³/mol. The third kappa shape index (κ3) is 7.48. The summed E-state index contributed by atoms with van der Waals surface area (Å²) in [4.78, 5) is 14.7. The Morgan fingerprint density at radius 2 is 0.559 bits per heavy atom. The number of thiophene rings is 1. The molecule has 0 N–H and O–H groups in total. The lowest BCUT2D eigenvalue weighted by atomic mass is 9.70. The average molecular weight is 1210 g/mol. The first kappa shape index (κ1) is 54.1. The molecule has 0 bridgehead atoms. The van der Waals surface area contributed by atoms with Crippen LogP contribution in [0.4, 0.5) is 0 Å². The van der Waals surface area contributed by atoms with E-state index in [0.29, 0.717) is 0 Å². The summed E-state index contributed by atoms with van der Waals surface area (Å²) in [6.45, 7) is 12.7. The van der Waals surface area contributed by atoms with E-state index >= 15 is 0 Å². The van der Waals surface area contributed by atoms with E-state index in [1.54, 1.807) is 0 Å². The van der Waals surface area contributed by atoms with Gasteiger partial charge >= 0.3 is 0 Å². The first-order valence-corrected chi connectivity index (χ1v) is 33.3. The van der Waals surface area contributed by atoms with Crippen LogP contribution in [0.15, 0.2) is 267 Å². The van der Waals surface area contributed by atoms with Crippen molar-refractivity contribution in [2.75, 3.05) is 0 Å². The average Bonchev–Trinajstić information content (AvgIpc) is 1.52. The molecule has 5 heteroatoms. The van der Waals surface area contributed by atoms with Gasteiger partial charge in [0.1, 0.15) is 33.7 Å². The van der Waals surface area contributed by atoms with Crippen molar-refractivity contribution >= 4 is 54.9 Å². The molecule has 0 unspecified atom stereocenters. The van der Waals surface area contributed by atoms with Gasteiger partial charge in [0.25, 0.3) is 0 Å². The minimum Gasteiger partial charge on any atom is -0.488 e. The molecule has 4 aliphatic carbocycles. The van der Waals surface area contributed by atoms with Crippen molar-refractivity contribution in [1.82, 2.24) is 9.97 Å². The number of nitrogens with zero attached hydrogens (tertiary/aromatic N) is 2. The van der Waals surface area contributed by atoms with E-state index in [1.807, 2.05) is 11.3 Å². The molecule has 15 aromatic rings. The van der Waals surface area contributed by atoms with Gasteiger partial charge < -0.3 is 9.47 Å². The molecule has 0 amide bonds. The second-order valence-corrected chi connectivity index (χ2v) is 28.6. The summed E-state index contributed by atoms with van der Waals surface area (Å²) < 4.78 is 13.5. The smallest absolute Gasteiger partial charge is 0.127 e. The summed E-state index contributed by atoms with van der Waals surface area (Å²) in [5.74, 6) is 1.67. The molecule has 13 aromatic carbocycles. The predicted octanol–water partition coefficient (Wildman–Crippen LogP) is 22.9. The van der Waals surface area contributed by atoms with Crippen LogP contribution in [-0.2, 0) is 10.8 Å². The molecule has 2 heterocycles. The minimum atomic E-state index is -0.539. The highest BCUT2D eigenvalue weighted by Crippen LogP contribution is 2.67. The summed E-state index contributed by atoms with van der Waals surface area (Å²) in [5.41, 5.74) is 28.5. The highest BCUT2D eigenvalue weighted by atomic mass is 32.1. The number of para-hydroxylation sites is 2. The Kier molecular flexibility index (Phi) is 11.3. The zero-order valence-corrected chi connectivity index (χ0v) is 53.3. The third-order valence-corrected chi connectivity index (χ3v) is 21.4. The van der Waals surface area contributed by atoms with Crippen LogP contribution in [0.25, 0.3) is 131 Å². The lowest BCUT2D eigenvalue weighted by Crippen LogP contribution is -2.25. The fourth-order valence-electron chi connectivity index (χ4n) is 16.9. The number of aromatic nitrogens is 2. The van der Waals surface area contributed by atoms with Crippen molar-refractivity contribution in [1.29, 1.82) is 0 Å². The van der Waals surface area contributed by atoms with Gasteiger partial charge in [-0.15, -0.1) is 11.3 Å². The molecule has 4 nitrogen and oxygen atoms in total. The van der Waals surface area contributed by atoms with E-state index in [2.05, 4.69) is 308 Å². The van der Waals surface area contributed by atoms with Crippen molar-refractivity contribution in [2.24, 2.45) is 0 Å². The number of hydrogen-bond donors (Lipinski definition) is 0. The van der Waals surface area contributed by atoms with Gasteiger partial charge in [-0.3, -0.25) is 0 Å². The van der Waals surface area contributed by atoms with E-state index in [0.717, 1.165) is 98.2 Å². The lowest BCUT2D eigenvalue weighted by Gasteiger charge is -2.30. The molecule has 0 saturated heterocycles. The van der Waals surface area contributed by atoms with Crippen molar-refractivity contribution in [2.45, 2.75) is 63.6 Å². The number of hydrogen-bond acceptors (Lipinski definition) is 5. The second kappa shape index (κ2) is 19.4. The van der Waals surface area contributed by atoms with Gasteiger partial charge in [0.2, 0.25) is 0 Å². The van der Waals surface area contributed by atoms with E-state index in [4.69, 9.17) is 19.4 Å². The maximum absolute atomic E-state index is 6.74. The van der Waals surface area contributed by atoms with E-state index in [9.17, 15) is 0 Å². The molecule has 0 fully saturated rings. The van der Waals surface area contributed by atoms with Crippen LogP contribution >= 0.6 is 11.3 Å². The van der Waals surface area contributed by atoms with Gasteiger partial charge in [-0.1, -0.05) is 243 Å². The molecule has 93 heavy (non-hydrogen) atoms. The van der Waals surface area contributed by atoms with Crippen LogP contribution < -0.4 is 9.47 Å². The molecule has 2 spiro atoms. The maximum atomic E-state index is 6.74. The summed E-state index contributed by atoms with van der Waals surface area (Å²) in [6, 6.07) is 99.5. The van der Waals surface area contributed by atoms with Crippen LogP contribution in [0.1, 0.15) is 86.1 Å².